The van der Waals surface area contributed by atoms with Gasteiger partial charge in [0.15, 0.2) is 0 Å². The fourth-order valence-corrected chi connectivity index (χ4v) is 4.04. The molecule has 3 nitrogen and oxygen atoms in total. The van der Waals surface area contributed by atoms with Crippen molar-refractivity contribution >= 4 is 34.4 Å². The molecule has 5 heteroatoms. The van der Waals surface area contributed by atoms with Crippen molar-refractivity contribution in [2.45, 2.75) is 55.2 Å². The summed E-state index contributed by atoms with van der Waals surface area (Å²) in [5, 5.41) is 3.05. The summed E-state index contributed by atoms with van der Waals surface area (Å²) in [5.41, 5.74) is 2.49. The van der Waals surface area contributed by atoms with Gasteiger partial charge in [-0.25, -0.2) is 0 Å². The second kappa shape index (κ2) is 6.04. The quantitative estimate of drug-likeness (QED) is 0.618. The number of methoxy groups -OCH3 is 1. The van der Waals surface area contributed by atoms with Gasteiger partial charge in [0.25, 0.3) is 0 Å². The first kappa shape index (κ1) is 14.4. The Bertz CT molecular complexity index is 459. The van der Waals surface area contributed by atoms with Crippen molar-refractivity contribution in [3.05, 3.63) is 11.6 Å². The zero-order chi connectivity index (χ0) is 14.1. The van der Waals surface area contributed by atoms with Gasteiger partial charge in [0.05, 0.1) is 0 Å². The first-order valence-corrected chi connectivity index (χ1v) is 8.48. The molecular weight excluding hydrogens is 317 g/mol. The number of carbonyl (C=O) groups is 1. The summed E-state index contributed by atoms with van der Waals surface area (Å²) in [6.45, 7) is 2.28. The predicted molar refractivity (Wildman–Crippen MR) is 85.4 cm³/mol. The monoisotopic (exact) mass is 337 g/mol. The SMILES string of the molecule is COC1=BC(C(Br)C[C@H]2CCC(=O)N2)CC=C1C1CC1. The second-order valence-electron chi connectivity index (χ2n) is 6.12. The van der Waals surface area contributed by atoms with Crippen LogP contribution in [0.3, 0.4) is 0 Å². The van der Waals surface area contributed by atoms with Gasteiger partial charge >= 0.3 is 129 Å². The molecule has 2 aliphatic heterocycles. The molecule has 108 valence electrons. The van der Waals surface area contributed by atoms with Crippen LogP contribution in [0.4, 0.5) is 0 Å². The standard InChI is InChI=1S/C15H21BBrNO2/c1-20-15-11(9-2-3-9)5-6-12(16-15)13(17)8-10-4-7-14(19)18-10/h5,9-10,12-13H,2-4,6-8H2,1H3,(H,18,19)/t10-,12?,13?/m1/s1. The number of nitrogens with one attached hydrogen (secondary N) is 1. The number of halogens is 1. The fourth-order valence-electron chi connectivity index (χ4n) is 3.22. The molecule has 1 aliphatic carbocycles. The topological polar surface area (TPSA) is 38.3 Å². The van der Waals surface area contributed by atoms with E-state index in [4.69, 9.17) is 4.74 Å². The van der Waals surface area contributed by atoms with Gasteiger partial charge in [-0.15, -0.1) is 0 Å². The van der Waals surface area contributed by atoms with Gasteiger partial charge in [-0.3, -0.25) is 0 Å². The molecule has 1 N–H and O–H groups in total. The molecule has 0 radical (unpaired) electrons. The molecule has 3 atom stereocenters. The van der Waals surface area contributed by atoms with Crippen LogP contribution in [0, 0.1) is 5.92 Å². The fraction of sp³-hybridized carbons (Fsp3) is 0.733. The number of alkyl halides is 1. The van der Waals surface area contributed by atoms with Crippen molar-refractivity contribution < 1.29 is 9.53 Å². The van der Waals surface area contributed by atoms with Gasteiger partial charge in [-0.1, -0.05) is 0 Å². The van der Waals surface area contributed by atoms with E-state index < -0.39 is 0 Å². The van der Waals surface area contributed by atoms with E-state index in [2.05, 4.69) is 34.2 Å². The maximum atomic E-state index is 11.3. The third-order valence-electron chi connectivity index (χ3n) is 4.56. The predicted octanol–water partition coefficient (Wildman–Crippen LogP) is 2.43. The molecule has 1 saturated carbocycles. The van der Waals surface area contributed by atoms with Gasteiger partial charge in [-0.05, 0) is 0 Å². The van der Waals surface area contributed by atoms with Crippen LogP contribution in [-0.2, 0) is 9.53 Å². The molecule has 3 aliphatic rings. The van der Waals surface area contributed by atoms with E-state index in [-0.39, 0.29) is 5.91 Å². The maximum absolute atomic E-state index is 11.3. The second-order valence-corrected chi connectivity index (χ2v) is 7.30. The van der Waals surface area contributed by atoms with Crippen LogP contribution in [-0.4, -0.2) is 36.5 Å². The molecule has 20 heavy (non-hydrogen) atoms. The van der Waals surface area contributed by atoms with Crippen molar-refractivity contribution in [3.8, 4) is 0 Å². The van der Waals surface area contributed by atoms with Gasteiger partial charge < -0.3 is 0 Å². The molecule has 0 aromatic rings. The molecular formula is C15H21BBrNO2. The molecule has 2 fully saturated rings. The zero-order valence-electron chi connectivity index (χ0n) is 11.9. The summed E-state index contributed by atoms with van der Waals surface area (Å²) in [4.78, 5) is 11.7. The number of hydrogen-bond donors (Lipinski definition) is 1. The van der Waals surface area contributed by atoms with Gasteiger partial charge in [-0.2, -0.15) is 0 Å². The number of amides is 1. The van der Waals surface area contributed by atoms with E-state index in [1.807, 2.05) is 0 Å². The van der Waals surface area contributed by atoms with E-state index in [9.17, 15) is 4.79 Å². The van der Waals surface area contributed by atoms with Crippen LogP contribution in [0.15, 0.2) is 11.6 Å². The number of hydrogen-bond acceptors (Lipinski definition) is 2. The third kappa shape index (κ3) is 3.18. The number of carbonyl (C=O) groups excluding carboxylic acids is 1. The van der Waals surface area contributed by atoms with Crippen molar-refractivity contribution in [2.75, 3.05) is 7.11 Å². The summed E-state index contributed by atoms with van der Waals surface area (Å²) >= 11 is 3.82. The van der Waals surface area contributed by atoms with E-state index in [0.29, 0.717) is 23.1 Å². The molecule has 0 aromatic carbocycles. The Hall–Kier alpha value is -0.575. The Kier molecular flexibility index (Phi) is 4.34. The molecule has 1 amide bonds. The summed E-state index contributed by atoms with van der Waals surface area (Å²) < 4.78 is 5.57. The van der Waals surface area contributed by atoms with Crippen LogP contribution < -0.4 is 5.32 Å². The van der Waals surface area contributed by atoms with Crippen molar-refractivity contribution in [1.82, 2.24) is 5.32 Å². The van der Waals surface area contributed by atoms with E-state index in [1.165, 1.54) is 18.4 Å². The first-order chi connectivity index (χ1) is 9.67. The molecule has 2 heterocycles. The molecule has 3 rings (SSSR count). The minimum atomic E-state index is 0.197. The van der Waals surface area contributed by atoms with E-state index in [1.54, 1.807) is 7.11 Å². The molecule has 0 spiro atoms. The summed E-state index contributed by atoms with van der Waals surface area (Å²) in [6, 6.07) is 0.333. The minimum absolute atomic E-state index is 0.197. The number of allylic oxidation sites excluding steroid dienone is 1. The van der Waals surface area contributed by atoms with Crippen LogP contribution in [0.25, 0.3) is 0 Å². The van der Waals surface area contributed by atoms with Crippen LogP contribution in [0.5, 0.6) is 0 Å². The number of ether oxygens (including phenoxy) is 1. The van der Waals surface area contributed by atoms with Crippen molar-refractivity contribution in [2.24, 2.45) is 5.92 Å². The summed E-state index contributed by atoms with van der Waals surface area (Å²) in [5.74, 6) is 1.40. The van der Waals surface area contributed by atoms with Crippen LogP contribution >= 0.6 is 15.9 Å². The zero-order valence-corrected chi connectivity index (χ0v) is 13.5. The Balaban J connectivity index is 1.60. The average Bonchev–Trinajstić information content (AvgIpc) is 3.22. The Morgan fingerprint density at radius 1 is 1.50 bits per heavy atom. The Morgan fingerprint density at radius 3 is 2.90 bits per heavy atom. The summed E-state index contributed by atoms with van der Waals surface area (Å²) in [6.07, 6.45) is 8.71. The van der Waals surface area contributed by atoms with E-state index in [0.717, 1.165) is 30.8 Å². The Labute approximate surface area is 129 Å². The van der Waals surface area contributed by atoms with Gasteiger partial charge in [0.2, 0.25) is 0 Å². The molecule has 0 aromatic heterocycles. The van der Waals surface area contributed by atoms with Gasteiger partial charge in [0.1, 0.15) is 0 Å². The van der Waals surface area contributed by atoms with E-state index >= 15 is 0 Å². The normalized spacial score (nSPS) is 31.0. The molecule has 0 bridgehead atoms. The third-order valence-corrected chi connectivity index (χ3v) is 5.61. The van der Waals surface area contributed by atoms with Crippen molar-refractivity contribution in [3.63, 3.8) is 0 Å². The molecule has 2 unspecified atom stereocenters. The van der Waals surface area contributed by atoms with Gasteiger partial charge in [0, 0.05) is 0 Å². The average molecular weight is 338 g/mol. The number of rotatable bonds is 5. The van der Waals surface area contributed by atoms with Crippen LogP contribution in [0.1, 0.15) is 38.5 Å². The van der Waals surface area contributed by atoms with Crippen molar-refractivity contribution in [1.29, 1.82) is 0 Å². The molecule has 1 saturated heterocycles. The van der Waals surface area contributed by atoms with Crippen LogP contribution in [0.2, 0.25) is 5.82 Å². The Morgan fingerprint density at radius 2 is 2.30 bits per heavy atom. The first-order valence-electron chi connectivity index (χ1n) is 7.57. The summed E-state index contributed by atoms with van der Waals surface area (Å²) in [7, 11) is 1.77.